The molecule has 0 aliphatic carbocycles. The molecule has 2 aromatic carbocycles. The first-order valence-corrected chi connectivity index (χ1v) is 8.29. The molecule has 1 N–H and O–H groups in total. The van der Waals surface area contributed by atoms with Crippen LogP contribution in [0, 0.1) is 0 Å². The maximum Gasteiger partial charge on any atom is 0.411 e. The summed E-state index contributed by atoms with van der Waals surface area (Å²) in [6.07, 6.45) is -4.44. The van der Waals surface area contributed by atoms with Crippen LogP contribution in [0.4, 0.5) is 27.6 Å². The van der Waals surface area contributed by atoms with Crippen LogP contribution in [0.1, 0.15) is 17.5 Å². The number of hydrogen-bond donors (Lipinski definition) is 1. The van der Waals surface area contributed by atoms with Crippen molar-refractivity contribution in [3.05, 3.63) is 59.7 Å². The van der Waals surface area contributed by atoms with Gasteiger partial charge in [0.25, 0.3) is 0 Å². The smallest absolute Gasteiger partial charge is 0.411 e. The van der Waals surface area contributed by atoms with E-state index in [9.17, 15) is 26.7 Å². The van der Waals surface area contributed by atoms with Crippen molar-refractivity contribution in [2.24, 2.45) is 0 Å². The molecule has 0 aromatic heterocycles. The molecule has 1 amide bonds. The number of anilines is 1. The lowest BCUT2D eigenvalue weighted by Crippen LogP contribution is -2.20. The molecule has 0 saturated heterocycles. The molecule has 0 unspecified atom stereocenters. The van der Waals surface area contributed by atoms with E-state index in [1.807, 2.05) is 18.2 Å². The SMILES string of the molecule is O=C(CCOCC(F)(F)F)Nc1ccc(OC(F)F)c(Cc2ccccc2)c1. The molecule has 2 aromatic rings. The number of benzene rings is 2. The quantitative estimate of drug-likeness (QED) is 0.484. The zero-order valence-corrected chi connectivity index (χ0v) is 14.6. The van der Waals surface area contributed by atoms with Crippen LogP contribution in [0.2, 0.25) is 0 Å². The van der Waals surface area contributed by atoms with Gasteiger partial charge in [0.15, 0.2) is 0 Å². The zero-order valence-electron chi connectivity index (χ0n) is 14.6. The highest BCUT2D eigenvalue weighted by molar-refractivity contribution is 5.91. The predicted octanol–water partition coefficient (Wildman–Crippen LogP) is 4.79. The van der Waals surface area contributed by atoms with Crippen molar-refractivity contribution in [1.82, 2.24) is 0 Å². The summed E-state index contributed by atoms with van der Waals surface area (Å²) in [5, 5.41) is 2.50. The van der Waals surface area contributed by atoms with E-state index in [-0.39, 0.29) is 12.2 Å². The van der Waals surface area contributed by atoms with Gasteiger partial charge in [0.2, 0.25) is 5.91 Å². The van der Waals surface area contributed by atoms with E-state index in [1.54, 1.807) is 12.1 Å². The van der Waals surface area contributed by atoms with Crippen LogP contribution in [0.25, 0.3) is 0 Å². The summed E-state index contributed by atoms with van der Waals surface area (Å²) in [6.45, 7) is -4.82. The Labute approximate surface area is 158 Å². The minimum Gasteiger partial charge on any atom is -0.435 e. The van der Waals surface area contributed by atoms with Gasteiger partial charge in [-0.05, 0) is 23.8 Å². The Balaban J connectivity index is 2.02. The third-order valence-electron chi connectivity index (χ3n) is 3.54. The second kappa shape index (κ2) is 10.0. The van der Waals surface area contributed by atoms with Crippen LogP contribution in [0.15, 0.2) is 48.5 Å². The molecule has 0 saturated carbocycles. The number of carbonyl (C=O) groups is 1. The lowest BCUT2D eigenvalue weighted by Gasteiger charge is -2.14. The number of nitrogens with one attached hydrogen (secondary N) is 1. The summed E-state index contributed by atoms with van der Waals surface area (Å²) in [5.74, 6) is -0.583. The Morgan fingerprint density at radius 3 is 2.43 bits per heavy atom. The molecule has 0 aliphatic heterocycles. The second-order valence-corrected chi connectivity index (χ2v) is 5.83. The molecule has 0 spiro atoms. The molecule has 0 fully saturated rings. The van der Waals surface area contributed by atoms with E-state index in [2.05, 4.69) is 14.8 Å². The third-order valence-corrected chi connectivity index (χ3v) is 3.54. The first-order valence-electron chi connectivity index (χ1n) is 8.29. The Kier molecular flexibility index (Phi) is 7.74. The fourth-order valence-electron chi connectivity index (χ4n) is 2.40. The number of rotatable bonds is 9. The van der Waals surface area contributed by atoms with Crippen molar-refractivity contribution < 1.29 is 36.2 Å². The van der Waals surface area contributed by atoms with Crippen LogP contribution < -0.4 is 10.1 Å². The van der Waals surface area contributed by atoms with Crippen LogP contribution in [0.3, 0.4) is 0 Å². The number of amides is 1. The maximum atomic E-state index is 12.6. The molecule has 0 bridgehead atoms. The van der Waals surface area contributed by atoms with Gasteiger partial charge in [-0.3, -0.25) is 4.79 Å². The van der Waals surface area contributed by atoms with Gasteiger partial charge in [0.05, 0.1) is 13.0 Å². The van der Waals surface area contributed by atoms with Gasteiger partial charge >= 0.3 is 12.8 Å². The molecule has 9 heteroatoms. The highest BCUT2D eigenvalue weighted by atomic mass is 19.4. The molecule has 0 radical (unpaired) electrons. The number of carbonyl (C=O) groups excluding carboxylic acids is 1. The van der Waals surface area contributed by atoms with Gasteiger partial charge in [-0.1, -0.05) is 30.3 Å². The van der Waals surface area contributed by atoms with Gasteiger partial charge < -0.3 is 14.8 Å². The monoisotopic (exact) mass is 403 g/mol. The maximum absolute atomic E-state index is 12.6. The standard InChI is InChI=1S/C19H18F5NO3/c20-18(21)28-16-7-6-15(11-14(16)10-13-4-2-1-3-5-13)25-17(26)8-9-27-12-19(22,23)24/h1-7,11,18H,8-10,12H2,(H,25,26). The second-order valence-electron chi connectivity index (χ2n) is 5.83. The van der Waals surface area contributed by atoms with Crippen molar-refractivity contribution in [2.75, 3.05) is 18.5 Å². The van der Waals surface area contributed by atoms with Crippen LogP contribution in [-0.4, -0.2) is 31.9 Å². The first-order chi connectivity index (χ1) is 13.2. The normalized spacial score (nSPS) is 11.5. The third kappa shape index (κ3) is 7.91. The largest absolute Gasteiger partial charge is 0.435 e. The Hall–Kier alpha value is -2.68. The van der Waals surface area contributed by atoms with Gasteiger partial charge in [0, 0.05) is 17.7 Å². The fourth-order valence-corrected chi connectivity index (χ4v) is 2.40. The minimum absolute atomic E-state index is 0.0228. The molecule has 0 atom stereocenters. The highest BCUT2D eigenvalue weighted by Gasteiger charge is 2.27. The summed E-state index contributed by atoms with van der Waals surface area (Å²) in [6, 6.07) is 13.2. The zero-order chi connectivity index (χ0) is 20.6. The van der Waals surface area contributed by atoms with E-state index in [0.717, 1.165) is 5.56 Å². The Morgan fingerprint density at radius 2 is 1.79 bits per heavy atom. The van der Waals surface area contributed by atoms with E-state index in [1.165, 1.54) is 18.2 Å². The van der Waals surface area contributed by atoms with Crippen LogP contribution in [0.5, 0.6) is 5.75 Å². The van der Waals surface area contributed by atoms with Crippen LogP contribution >= 0.6 is 0 Å². The van der Waals surface area contributed by atoms with Crippen molar-refractivity contribution >= 4 is 11.6 Å². The fraction of sp³-hybridized carbons (Fsp3) is 0.316. The minimum atomic E-state index is -4.46. The Morgan fingerprint density at radius 1 is 1.07 bits per heavy atom. The van der Waals surface area contributed by atoms with Gasteiger partial charge in [-0.25, -0.2) is 0 Å². The summed E-state index contributed by atoms with van der Waals surface area (Å²) in [5.41, 5.74) is 1.59. The molecule has 152 valence electrons. The first kappa shape index (κ1) is 21.6. The molecule has 28 heavy (non-hydrogen) atoms. The van der Waals surface area contributed by atoms with E-state index >= 15 is 0 Å². The van der Waals surface area contributed by atoms with Crippen molar-refractivity contribution in [1.29, 1.82) is 0 Å². The van der Waals surface area contributed by atoms with E-state index < -0.39 is 31.9 Å². The number of ether oxygens (including phenoxy) is 2. The molecule has 0 heterocycles. The highest BCUT2D eigenvalue weighted by Crippen LogP contribution is 2.27. The topological polar surface area (TPSA) is 47.6 Å². The van der Waals surface area contributed by atoms with Crippen molar-refractivity contribution in [3.63, 3.8) is 0 Å². The summed E-state index contributed by atoms with van der Waals surface area (Å²) in [4.78, 5) is 11.8. The van der Waals surface area contributed by atoms with Gasteiger partial charge in [-0.15, -0.1) is 0 Å². The average molecular weight is 403 g/mol. The molecule has 0 aliphatic rings. The Bertz CT molecular complexity index is 766. The molecular formula is C19H18F5NO3. The van der Waals surface area contributed by atoms with Crippen LogP contribution in [-0.2, 0) is 16.0 Å². The lowest BCUT2D eigenvalue weighted by molar-refractivity contribution is -0.174. The molecule has 4 nitrogen and oxygen atoms in total. The van der Waals surface area contributed by atoms with Crippen molar-refractivity contribution in [2.45, 2.75) is 25.6 Å². The number of hydrogen-bond acceptors (Lipinski definition) is 3. The van der Waals surface area contributed by atoms with Gasteiger partial charge in [-0.2, -0.15) is 22.0 Å². The predicted molar refractivity (Wildman–Crippen MR) is 92.4 cm³/mol. The number of alkyl halides is 5. The summed E-state index contributed by atoms with van der Waals surface area (Å²) >= 11 is 0. The van der Waals surface area contributed by atoms with E-state index in [4.69, 9.17) is 0 Å². The van der Waals surface area contributed by atoms with E-state index in [0.29, 0.717) is 17.7 Å². The lowest BCUT2D eigenvalue weighted by atomic mass is 10.0. The summed E-state index contributed by atoms with van der Waals surface area (Å²) < 4.78 is 70.1. The van der Waals surface area contributed by atoms with Gasteiger partial charge in [0.1, 0.15) is 12.4 Å². The molecule has 2 rings (SSSR count). The van der Waals surface area contributed by atoms with Crippen molar-refractivity contribution in [3.8, 4) is 5.75 Å². The number of halogens is 5. The average Bonchev–Trinajstić information content (AvgIpc) is 2.61. The molecular weight excluding hydrogens is 385 g/mol. The summed E-state index contributed by atoms with van der Waals surface area (Å²) in [7, 11) is 0.